The highest BCUT2D eigenvalue weighted by molar-refractivity contribution is 5.94. The summed E-state index contributed by atoms with van der Waals surface area (Å²) in [5.74, 6) is -3.34. The van der Waals surface area contributed by atoms with Crippen molar-refractivity contribution in [1.82, 2.24) is 5.32 Å². The van der Waals surface area contributed by atoms with Gasteiger partial charge in [-0.2, -0.15) is 0 Å². The highest BCUT2D eigenvalue weighted by atomic mass is 19.1. The van der Waals surface area contributed by atoms with Gasteiger partial charge >= 0.3 is 0 Å². The predicted molar refractivity (Wildman–Crippen MR) is 87.7 cm³/mol. The molecule has 0 saturated carbocycles. The number of hydrogen-bond donors (Lipinski definition) is 2. The number of aryl methyl sites for hydroxylation is 1. The van der Waals surface area contributed by atoms with Crippen molar-refractivity contribution in [3.05, 3.63) is 65.0 Å². The summed E-state index contributed by atoms with van der Waals surface area (Å²) in [7, 11) is 0. The van der Waals surface area contributed by atoms with Crippen molar-refractivity contribution >= 4 is 17.5 Å². The van der Waals surface area contributed by atoms with Crippen LogP contribution in [0.15, 0.2) is 36.4 Å². The van der Waals surface area contributed by atoms with Crippen LogP contribution in [-0.4, -0.2) is 18.4 Å². The normalized spacial score (nSPS) is 10.4. The Kier molecular flexibility index (Phi) is 6.16. The SMILES string of the molecule is Cc1ccc(F)c(NC(=O)CCCNC(=O)c2ccc(F)cc2F)c1. The van der Waals surface area contributed by atoms with Crippen LogP contribution in [0.2, 0.25) is 0 Å². The Labute approximate surface area is 143 Å². The smallest absolute Gasteiger partial charge is 0.254 e. The molecule has 0 spiro atoms. The second-order valence-electron chi connectivity index (χ2n) is 5.52. The summed E-state index contributed by atoms with van der Waals surface area (Å²) in [4.78, 5) is 23.6. The maximum absolute atomic E-state index is 13.5. The number of nitrogens with one attached hydrogen (secondary N) is 2. The first kappa shape index (κ1) is 18.5. The number of hydrogen-bond acceptors (Lipinski definition) is 2. The summed E-state index contributed by atoms with van der Waals surface area (Å²) in [5.41, 5.74) is 0.639. The topological polar surface area (TPSA) is 58.2 Å². The van der Waals surface area contributed by atoms with Crippen molar-refractivity contribution in [2.45, 2.75) is 19.8 Å². The van der Waals surface area contributed by atoms with Crippen LogP contribution in [-0.2, 0) is 4.79 Å². The van der Waals surface area contributed by atoms with Crippen molar-refractivity contribution in [3.63, 3.8) is 0 Å². The van der Waals surface area contributed by atoms with Crippen molar-refractivity contribution in [2.75, 3.05) is 11.9 Å². The average molecular weight is 350 g/mol. The molecule has 0 aliphatic carbocycles. The van der Waals surface area contributed by atoms with Gasteiger partial charge in [0.05, 0.1) is 11.3 Å². The number of halogens is 3. The minimum atomic E-state index is -0.954. The lowest BCUT2D eigenvalue weighted by Crippen LogP contribution is -2.26. The molecule has 2 aromatic carbocycles. The van der Waals surface area contributed by atoms with Crippen molar-refractivity contribution in [2.24, 2.45) is 0 Å². The Morgan fingerprint density at radius 2 is 1.76 bits per heavy atom. The van der Waals surface area contributed by atoms with E-state index in [1.54, 1.807) is 13.0 Å². The van der Waals surface area contributed by atoms with Gasteiger partial charge in [0.2, 0.25) is 5.91 Å². The van der Waals surface area contributed by atoms with Crippen LogP contribution in [0.5, 0.6) is 0 Å². The standard InChI is InChI=1S/C18H17F3N2O2/c1-11-4-7-14(20)16(9-11)23-17(24)3-2-8-22-18(25)13-6-5-12(19)10-15(13)21/h4-7,9-10H,2-3,8H2,1H3,(H,22,25)(H,23,24). The lowest BCUT2D eigenvalue weighted by atomic mass is 10.2. The molecule has 0 atom stereocenters. The number of benzene rings is 2. The van der Waals surface area contributed by atoms with Gasteiger partial charge in [-0.1, -0.05) is 6.07 Å². The zero-order valence-electron chi connectivity index (χ0n) is 13.5. The van der Waals surface area contributed by atoms with Gasteiger partial charge in [0.1, 0.15) is 17.5 Å². The molecule has 0 saturated heterocycles. The van der Waals surface area contributed by atoms with E-state index in [2.05, 4.69) is 10.6 Å². The Hall–Kier alpha value is -2.83. The van der Waals surface area contributed by atoms with E-state index in [0.29, 0.717) is 6.07 Å². The molecule has 0 unspecified atom stereocenters. The number of carbonyl (C=O) groups is 2. The molecule has 0 aliphatic rings. The third kappa shape index (κ3) is 5.34. The van der Waals surface area contributed by atoms with Crippen LogP contribution < -0.4 is 10.6 Å². The van der Waals surface area contributed by atoms with Crippen molar-refractivity contribution in [1.29, 1.82) is 0 Å². The molecule has 132 valence electrons. The quantitative estimate of drug-likeness (QED) is 0.783. The average Bonchev–Trinajstić information content (AvgIpc) is 2.55. The van der Waals surface area contributed by atoms with Crippen LogP contribution in [0.25, 0.3) is 0 Å². The highest BCUT2D eigenvalue weighted by Crippen LogP contribution is 2.16. The van der Waals surface area contributed by atoms with Crippen LogP contribution in [0, 0.1) is 24.4 Å². The van der Waals surface area contributed by atoms with E-state index in [0.717, 1.165) is 17.7 Å². The maximum Gasteiger partial charge on any atom is 0.254 e. The number of anilines is 1. The lowest BCUT2D eigenvalue weighted by Gasteiger charge is -2.08. The number of amides is 2. The Balaban J connectivity index is 1.77. The minimum Gasteiger partial charge on any atom is -0.352 e. The highest BCUT2D eigenvalue weighted by Gasteiger charge is 2.12. The van der Waals surface area contributed by atoms with Gasteiger partial charge < -0.3 is 10.6 Å². The summed E-state index contributed by atoms with van der Waals surface area (Å²) >= 11 is 0. The van der Waals surface area contributed by atoms with Gasteiger partial charge in [-0.05, 0) is 43.2 Å². The fourth-order valence-electron chi connectivity index (χ4n) is 2.17. The zero-order valence-corrected chi connectivity index (χ0v) is 13.5. The molecule has 0 aliphatic heterocycles. The fourth-order valence-corrected chi connectivity index (χ4v) is 2.17. The molecule has 25 heavy (non-hydrogen) atoms. The Morgan fingerprint density at radius 3 is 2.48 bits per heavy atom. The van der Waals surface area contributed by atoms with Gasteiger partial charge in [-0.15, -0.1) is 0 Å². The summed E-state index contributed by atoms with van der Waals surface area (Å²) in [6.07, 6.45) is 0.341. The maximum atomic E-state index is 13.5. The number of rotatable bonds is 6. The van der Waals surface area contributed by atoms with E-state index in [-0.39, 0.29) is 30.6 Å². The largest absolute Gasteiger partial charge is 0.352 e. The van der Waals surface area contributed by atoms with E-state index >= 15 is 0 Å². The predicted octanol–water partition coefficient (Wildman–Crippen LogP) is 3.56. The number of carbonyl (C=O) groups excluding carboxylic acids is 2. The Bertz CT molecular complexity index is 794. The van der Waals surface area contributed by atoms with Gasteiger partial charge in [0.25, 0.3) is 5.91 Å². The first-order chi connectivity index (χ1) is 11.9. The summed E-state index contributed by atoms with van der Waals surface area (Å²) in [6, 6.07) is 7.04. The molecule has 4 nitrogen and oxygen atoms in total. The first-order valence-electron chi connectivity index (χ1n) is 7.66. The monoisotopic (exact) mass is 350 g/mol. The van der Waals surface area contributed by atoms with Gasteiger partial charge in [0.15, 0.2) is 0 Å². The second kappa shape index (κ2) is 8.32. The van der Waals surface area contributed by atoms with Crippen LogP contribution in [0.1, 0.15) is 28.8 Å². The Morgan fingerprint density at radius 1 is 1.00 bits per heavy atom. The third-order valence-electron chi connectivity index (χ3n) is 3.44. The van der Waals surface area contributed by atoms with Gasteiger partial charge in [0, 0.05) is 19.0 Å². The molecule has 2 rings (SSSR count). The van der Waals surface area contributed by atoms with Gasteiger partial charge in [-0.25, -0.2) is 13.2 Å². The van der Waals surface area contributed by atoms with Crippen LogP contribution in [0.3, 0.4) is 0 Å². The molecule has 0 aromatic heterocycles. The van der Waals surface area contributed by atoms with Crippen molar-refractivity contribution in [3.8, 4) is 0 Å². The lowest BCUT2D eigenvalue weighted by molar-refractivity contribution is -0.116. The fraction of sp³-hybridized carbons (Fsp3) is 0.222. The molecule has 7 heteroatoms. The summed E-state index contributed by atoms with van der Waals surface area (Å²) < 4.78 is 39.8. The molecule has 2 N–H and O–H groups in total. The molecule has 0 bridgehead atoms. The van der Waals surface area contributed by atoms with E-state index < -0.39 is 29.3 Å². The molecular formula is C18H17F3N2O2. The van der Waals surface area contributed by atoms with E-state index in [4.69, 9.17) is 0 Å². The van der Waals surface area contributed by atoms with E-state index in [9.17, 15) is 22.8 Å². The first-order valence-corrected chi connectivity index (χ1v) is 7.66. The zero-order chi connectivity index (χ0) is 18.4. The molecule has 0 fully saturated rings. The third-order valence-corrected chi connectivity index (χ3v) is 3.44. The summed E-state index contributed by atoms with van der Waals surface area (Å²) in [6.45, 7) is 1.90. The molecular weight excluding hydrogens is 333 g/mol. The van der Waals surface area contributed by atoms with Crippen LogP contribution >= 0.6 is 0 Å². The van der Waals surface area contributed by atoms with E-state index in [1.807, 2.05) is 0 Å². The van der Waals surface area contributed by atoms with Crippen LogP contribution in [0.4, 0.5) is 18.9 Å². The molecule has 0 heterocycles. The molecule has 2 aromatic rings. The van der Waals surface area contributed by atoms with E-state index in [1.165, 1.54) is 12.1 Å². The molecule has 2 amide bonds. The second-order valence-corrected chi connectivity index (χ2v) is 5.52. The minimum absolute atomic E-state index is 0.0551. The molecule has 0 radical (unpaired) electrons. The van der Waals surface area contributed by atoms with Gasteiger partial charge in [-0.3, -0.25) is 9.59 Å². The van der Waals surface area contributed by atoms with Crippen molar-refractivity contribution < 1.29 is 22.8 Å². The summed E-state index contributed by atoms with van der Waals surface area (Å²) in [5, 5.41) is 4.90.